The Balaban J connectivity index is 1.20. The summed E-state index contributed by atoms with van der Waals surface area (Å²) < 4.78 is 5.49. The second kappa shape index (κ2) is 9.90. The lowest BCUT2D eigenvalue weighted by atomic mass is 10.2. The monoisotopic (exact) mass is 486 g/mol. The molecule has 4 aromatic rings. The first kappa shape index (κ1) is 23.7. The number of hydrogen-bond donors (Lipinski definition) is 2. The third-order valence-corrected chi connectivity index (χ3v) is 5.81. The number of nitrogens with zero attached hydrogens (tertiary/aromatic N) is 6. The van der Waals surface area contributed by atoms with Gasteiger partial charge in [-0.2, -0.15) is 0 Å². The summed E-state index contributed by atoms with van der Waals surface area (Å²) in [6.45, 7) is 9.33. The van der Waals surface area contributed by atoms with Gasteiger partial charge in [-0.05, 0) is 62.7 Å². The SMILES string of the molecule is CC(C)(C)OC(=O)N1CCN(Cc2ccnc(Nc3nc4ccc(-c5ncccn5)cc4[nH]3)c2)CC1. The van der Waals surface area contributed by atoms with Crippen LogP contribution in [0.25, 0.3) is 22.4 Å². The Kier molecular flexibility index (Phi) is 6.51. The number of pyridine rings is 1. The second-order valence-corrected chi connectivity index (χ2v) is 9.81. The zero-order valence-electron chi connectivity index (χ0n) is 20.7. The number of nitrogens with one attached hydrogen (secondary N) is 2. The Hall–Kier alpha value is -4.05. The van der Waals surface area contributed by atoms with E-state index in [1.165, 1.54) is 0 Å². The molecule has 5 rings (SSSR count). The number of benzene rings is 1. The molecular weight excluding hydrogens is 456 g/mol. The van der Waals surface area contributed by atoms with Crippen LogP contribution in [0.2, 0.25) is 0 Å². The molecule has 3 aromatic heterocycles. The van der Waals surface area contributed by atoms with E-state index in [4.69, 9.17) is 4.74 Å². The van der Waals surface area contributed by atoms with Crippen molar-refractivity contribution in [1.82, 2.24) is 34.7 Å². The van der Waals surface area contributed by atoms with Gasteiger partial charge in [0.15, 0.2) is 5.82 Å². The van der Waals surface area contributed by atoms with Crippen LogP contribution in [-0.2, 0) is 11.3 Å². The lowest BCUT2D eigenvalue weighted by Crippen LogP contribution is -2.49. The number of piperazine rings is 1. The first-order chi connectivity index (χ1) is 17.3. The standard InChI is InChI=1S/C26H30N8O2/c1-26(2,3)36-25(35)34-13-11-33(12-14-34)17-18-7-10-27-22(15-18)32-24-30-20-6-5-19(16-21(20)31-24)23-28-8-4-9-29-23/h4-10,15-16H,11-14,17H2,1-3H3,(H2,27,30,31,32). The number of anilines is 2. The van der Waals surface area contributed by atoms with E-state index in [-0.39, 0.29) is 6.09 Å². The maximum atomic E-state index is 12.3. The molecule has 1 aliphatic heterocycles. The number of carbonyl (C=O) groups excluding carboxylic acids is 1. The summed E-state index contributed by atoms with van der Waals surface area (Å²) in [6.07, 6.45) is 5.01. The molecule has 1 aliphatic rings. The van der Waals surface area contributed by atoms with E-state index >= 15 is 0 Å². The highest BCUT2D eigenvalue weighted by Gasteiger charge is 2.25. The molecule has 0 unspecified atom stereocenters. The summed E-state index contributed by atoms with van der Waals surface area (Å²) >= 11 is 0. The number of amides is 1. The van der Waals surface area contributed by atoms with Gasteiger partial charge in [0.25, 0.3) is 0 Å². The smallest absolute Gasteiger partial charge is 0.410 e. The van der Waals surface area contributed by atoms with Crippen molar-refractivity contribution in [1.29, 1.82) is 0 Å². The van der Waals surface area contributed by atoms with E-state index in [0.29, 0.717) is 30.7 Å². The fourth-order valence-electron chi connectivity index (χ4n) is 4.09. The highest BCUT2D eigenvalue weighted by Crippen LogP contribution is 2.23. The van der Waals surface area contributed by atoms with E-state index in [9.17, 15) is 4.79 Å². The van der Waals surface area contributed by atoms with Crippen LogP contribution in [0.15, 0.2) is 55.0 Å². The molecule has 1 aromatic carbocycles. The minimum Gasteiger partial charge on any atom is -0.444 e. The third kappa shape index (κ3) is 5.77. The lowest BCUT2D eigenvalue weighted by Gasteiger charge is -2.35. The summed E-state index contributed by atoms with van der Waals surface area (Å²) in [4.78, 5) is 37.4. The molecule has 186 valence electrons. The summed E-state index contributed by atoms with van der Waals surface area (Å²) in [5.41, 5.74) is 3.31. The average molecular weight is 487 g/mol. The van der Waals surface area contributed by atoms with Crippen molar-refractivity contribution in [2.75, 3.05) is 31.5 Å². The molecule has 36 heavy (non-hydrogen) atoms. The molecule has 4 heterocycles. The molecule has 0 spiro atoms. The van der Waals surface area contributed by atoms with Crippen molar-refractivity contribution in [3.63, 3.8) is 0 Å². The van der Waals surface area contributed by atoms with Crippen molar-refractivity contribution in [2.24, 2.45) is 0 Å². The van der Waals surface area contributed by atoms with E-state index in [1.54, 1.807) is 29.6 Å². The van der Waals surface area contributed by atoms with Crippen LogP contribution in [0, 0.1) is 0 Å². The van der Waals surface area contributed by atoms with Gasteiger partial charge in [0, 0.05) is 56.9 Å². The molecule has 2 N–H and O–H groups in total. The van der Waals surface area contributed by atoms with E-state index < -0.39 is 5.60 Å². The van der Waals surface area contributed by atoms with Gasteiger partial charge in [0.2, 0.25) is 5.95 Å². The van der Waals surface area contributed by atoms with Crippen LogP contribution in [0.3, 0.4) is 0 Å². The highest BCUT2D eigenvalue weighted by molar-refractivity contribution is 5.82. The first-order valence-corrected chi connectivity index (χ1v) is 12.0. The van der Waals surface area contributed by atoms with Gasteiger partial charge in [-0.25, -0.2) is 24.7 Å². The van der Waals surface area contributed by atoms with Gasteiger partial charge in [-0.1, -0.05) is 0 Å². The van der Waals surface area contributed by atoms with Gasteiger partial charge >= 0.3 is 6.09 Å². The Morgan fingerprint density at radius 3 is 2.56 bits per heavy atom. The van der Waals surface area contributed by atoms with Gasteiger partial charge in [-0.3, -0.25) is 4.90 Å². The molecule has 0 radical (unpaired) electrons. The van der Waals surface area contributed by atoms with Crippen LogP contribution in [-0.4, -0.2) is 72.6 Å². The minimum absolute atomic E-state index is 0.244. The zero-order valence-corrected chi connectivity index (χ0v) is 20.7. The number of aromatic amines is 1. The highest BCUT2D eigenvalue weighted by atomic mass is 16.6. The predicted molar refractivity (Wildman–Crippen MR) is 138 cm³/mol. The molecule has 0 saturated carbocycles. The van der Waals surface area contributed by atoms with Gasteiger partial charge in [0.05, 0.1) is 11.0 Å². The number of fused-ring (bicyclic) bond motifs is 1. The fraction of sp³-hybridized carbons (Fsp3) is 0.346. The normalized spacial score (nSPS) is 14.7. The number of H-pyrrole nitrogens is 1. The number of imidazole rings is 1. The molecular formula is C26H30N8O2. The van der Waals surface area contributed by atoms with E-state index in [2.05, 4.69) is 35.1 Å². The van der Waals surface area contributed by atoms with Crippen molar-refractivity contribution >= 4 is 28.9 Å². The molecule has 0 bridgehead atoms. The first-order valence-electron chi connectivity index (χ1n) is 12.0. The van der Waals surface area contributed by atoms with Crippen LogP contribution in [0.1, 0.15) is 26.3 Å². The molecule has 10 nitrogen and oxygen atoms in total. The van der Waals surface area contributed by atoms with Crippen molar-refractivity contribution in [2.45, 2.75) is 32.9 Å². The quantitative estimate of drug-likeness (QED) is 0.431. The largest absolute Gasteiger partial charge is 0.444 e. The Bertz CT molecular complexity index is 1340. The summed E-state index contributed by atoms with van der Waals surface area (Å²) in [6, 6.07) is 11.7. The van der Waals surface area contributed by atoms with Crippen LogP contribution >= 0.6 is 0 Å². The third-order valence-electron chi connectivity index (χ3n) is 5.81. The maximum Gasteiger partial charge on any atom is 0.410 e. The lowest BCUT2D eigenvalue weighted by molar-refractivity contribution is 0.0139. The molecule has 0 atom stereocenters. The van der Waals surface area contributed by atoms with Crippen molar-refractivity contribution < 1.29 is 9.53 Å². The number of ether oxygens (including phenoxy) is 1. The zero-order chi connectivity index (χ0) is 25.1. The molecule has 10 heteroatoms. The molecule has 1 amide bonds. The predicted octanol–water partition coefficient (Wildman–Crippen LogP) is 4.21. The number of rotatable bonds is 5. The summed E-state index contributed by atoms with van der Waals surface area (Å²) in [7, 11) is 0. The van der Waals surface area contributed by atoms with Gasteiger partial charge in [-0.15, -0.1) is 0 Å². The number of hydrogen-bond acceptors (Lipinski definition) is 8. The van der Waals surface area contributed by atoms with Gasteiger partial charge < -0.3 is 19.9 Å². The summed E-state index contributed by atoms with van der Waals surface area (Å²) in [5, 5.41) is 3.28. The van der Waals surface area contributed by atoms with E-state index in [1.807, 2.05) is 51.1 Å². The van der Waals surface area contributed by atoms with Crippen LogP contribution < -0.4 is 5.32 Å². The number of aromatic nitrogens is 5. The summed E-state index contributed by atoms with van der Waals surface area (Å²) in [5.74, 6) is 2.00. The van der Waals surface area contributed by atoms with Crippen LogP contribution in [0.4, 0.5) is 16.6 Å². The second-order valence-electron chi connectivity index (χ2n) is 9.81. The Labute approximate surface area is 209 Å². The molecule has 1 saturated heterocycles. The maximum absolute atomic E-state index is 12.3. The minimum atomic E-state index is -0.479. The number of carbonyl (C=O) groups is 1. The Morgan fingerprint density at radius 2 is 1.81 bits per heavy atom. The van der Waals surface area contributed by atoms with Crippen molar-refractivity contribution in [3.8, 4) is 11.4 Å². The topological polar surface area (TPSA) is 112 Å². The van der Waals surface area contributed by atoms with Gasteiger partial charge in [0.1, 0.15) is 11.4 Å². The molecule has 0 aliphatic carbocycles. The molecule has 1 fully saturated rings. The van der Waals surface area contributed by atoms with E-state index in [0.717, 1.165) is 41.8 Å². The van der Waals surface area contributed by atoms with Crippen LogP contribution in [0.5, 0.6) is 0 Å². The Morgan fingerprint density at radius 1 is 1.03 bits per heavy atom. The average Bonchev–Trinajstić information content (AvgIpc) is 3.25. The fourth-order valence-corrected chi connectivity index (χ4v) is 4.09. The van der Waals surface area contributed by atoms with Crippen molar-refractivity contribution in [3.05, 3.63) is 60.6 Å².